The minimum atomic E-state index is -1.50. The standard InChI is InChI=1S/C22H31N3O8/c1-12(2)16(25-22(30)33-11-14-9-7-6-8-10-14)19(27)24-17(18(23)26)13(3)15(20(28)31-4)21(29)32-5/h6-10,12-13,15-17H,11H2,1-5H3,(H2,23,26)(H,24,27)(H,25,30)/t13-,16+,17-/m0/s1. The van der Waals surface area contributed by atoms with Crippen LogP contribution in [0.25, 0.3) is 0 Å². The number of rotatable bonds is 11. The van der Waals surface area contributed by atoms with E-state index in [0.29, 0.717) is 0 Å². The van der Waals surface area contributed by atoms with Crippen LogP contribution >= 0.6 is 0 Å². The van der Waals surface area contributed by atoms with Gasteiger partial charge in [0, 0.05) is 5.92 Å². The van der Waals surface area contributed by atoms with E-state index in [4.69, 9.17) is 10.5 Å². The highest BCUT2D eigenvalue weighted by atomic mass is 16.6. The van der Waals surface area contributed by atoms with Crippen LogP contribution in [-0.2, 0) is 40.0 Å². The van der Waals surface area contributed by atoms with Gasteiger partial charge in [-0.3, -0.25) is 19.2 Å². The summed E-state index contributed by atoms with van der Waals surface area (Å²) in [5.41, 5.74) is 6.19. The molecule has 4 N–H and O–H groups in total. The first-order chi connectivity index (χ1) is 15.5. The van der Waals surface area contributed by atoms with Gasteiger partial charge in [0.2, 0.25) is 11.8 Å². The van der Waals surface area contributed by atoms with Crippen molar-refractivity contribution in [2.75, 3.05) is 14.2 Å². The van der Waals surface area contributed by atoms with E-state index in [2.05, 4.69) is 20.1 Å². The molecule has 1 aromatic rings. The molecule has 0 bridgehead atoms. The van der Waals surface area contributed by atoms with Crippen molar-refractivity contribution < 1.29 is 38.2 Å². The number of esters is 2. The van der Waals surface area contributed by atoms with Crippen LogP contribution in [0.5, 0.6) is 0 Å². The molecule has 1 rings (SSSR count). The number of carbonyl (C=O) groups excluding carboxylic acids is 5. The quantitative estimate of drug-likeness (QED) is 0.242. The summed E-state index contributed by atoms with van der Waals surface area (Å²) in [6.07, 6.45) is -0.835. The molecule has 0 saturated carbocycles. The summed E-state index contributed by atoms with van der Waals surface area (Å²) < 4.78 is 14.4. The zero-order valence-electron chi connectivity index (χ0n) is 19.3. The summed E-state index contributed by atoms with van der Waals surface area (Å²) in [4.78, 5) is 61.4. The molecule has 0 spiro atoms. The number of nitrogens with one attached hydrogen (secondary N) is 2. The second-order valence-corrected chi connectivity index (χ2v) is 7.70. The second kappa shape index (κ2) is 13.0. The number of hydrogen-bond acceptors (Lipinski definition) is 8. The van der Waals surface area contributed by atoms with Crippen molar-refractivity contribution in [3.8, 4) is 0 Å². The Balaban J connectivity index is 2.93. The van der Waals surface area contributed by atoms with E-state index >= 15 is 0 Å². The van der Waals surface area contributed by atoms with Gasteiger partial charge < -0.3 is 30.6 Å². The predicted octanol–water partition coefficient (Wildman–Crippen LogP) is 0.506. The Morgan fingerprint density at radius 2 is 1.42 bits per heavy atom. The van der Waals surface area contributed by atoms with Crippen molar-refractivity contribution in [2.24, 2.45) is 23.5 Å². The van der Waals surface area contributed by atoms with Gasteiger partial charge in [-0.15, -0.1) is 0 Å². The van der Waals surface area contributed by atoms with Crippen LogP contribution in [-0.4, -0.2) is 56.1 Å². The summed E-state index contributed by atoms with van der Waals surface area (Å²) in [6, 6.07) is 6.45. The van der Waals surface area contributed by atoms with Gasteiger partial charge in [-0.05, 0) is 11.5 Å². The molecule has 182 valence electrons. The van der Waals surface area contributed by atoms with Gasteiger partial charge in [0.1, 0.15) is 18.7 Å². The smallest absolute Gasteiger partial charge is 0.408 e. The minimum absolute atomic E-state index is 0.00000867. The van der Waals surface area contributed by atoms with Crippen LogP contribution in [0.1, 0.15) is 26.3 Å². The highest BCUT2D eigenvalue weighted by molar-refractivity contribution is 5.97. The number of ether oxygens (including phenoxy) is 3. The Kier molecular flexibility index (Phi) is 10.8. The normalized spacial score (nSPS) is 13.4. The molecule has 0 aliphatic heterocycles. The van der Waals surface area contributed by atoms with Gasteiger partial charge in [-0.25, -0.2) is 4.79 Å². The summed E-state index contributed by atoms with van der Waals surface area (Å²) in [5, 5.41) is 4.87. The van der Waals surface area contributed by atoms with Gasteiger partial charge in [0.05, 0.1) is 14.2 Å². The summed E-state index contributed by atoms with van der Waals surface area (Å²) in [5.74, 6) is -6.61. The molecule has 0 fully saturated rings. The van der Waals surface area contributed by atoms with Gasteiger partial charge in [0.25, 0.3) is 0 Å². The molecule has 11 nitrogen and oxygen atoms in total. The number of amides is 3. The van der Waals surface area contributed by atoms with Crippen molar-refractivity contribution >= 4 is 29.8 Å². The van der Waals surface area contributed by atoms with Crippen molar-refractivity contribution in [1.29, 1.82) is 0 Å². The fourth-order valence-corrected chi connectivity index (χ4v) is 3.10. The van der Waals surface area contributed by atoms with E-state index < -0.39 is 59.7 Å². The Bertz CT molecular complexity index is 827. The van der Waals surface area contributed by atoms with Crippen LogP contribution in [0.3, 0.4) is 0 Å². The van der Waals surface area contributed by atoms with Gasteiger partial charge in [-0.2, -0.15) is 0 Å². The largest absolute Gasteiger partial charge is 0.468 e. The zero-order valence-corrected chi connectivity index (χ0v) is 19.3. The lowest BCUT2D eigenvalue weighted by molar-refractivity contribution is -0.162. The number of nitrogens with two attached hydrogens (primary N) is 1. The van der Waals surface area contributed by atoms with Crippen molar-refractivity contribution in [3.05, 3.63) is 35.9 Å². The fourth-order valence-electron chi connectivity index (χ4n) is 3.10. The molecule has 0 heterocycles. The van der Waals surface area contributed by atoms with E-state index in [1.54, 1.807) is 38.1 Å². The second-order valence-electron chi connectivity index (χ2n) is 7.70. The topological polar surface area (TPSA) is 163 Å². The predicted molar refractivity (Wildman–Crippen MR) is 116 cm³/mol. The first kappa shape index (κ1) is 27.4. The fraction of sp³-hybridized carbons (Fsp3) is 0.500. The summed E-state index contributed by atoms with van der Waals surface area (Å²) in [6.45, 7) is 4.73. The molecule has 3 amide bonds. The van der Waals surface area contributed by atoms with Crippen LogP contribution in [0.4, 0.5) is 4.79 Å². The molecule has 0 radical (unpaired) electrons. The van der Waals surface area contributed by atoms with E-state index in [0.717, 1.165) is 19.8 Å². The highest BCUT2D eigenvalue weighted by Gasteiger charge is 2.42. The number of hydrogen-bond donors (Lipinski definition) is 3. The number of methoxy groups -OCH3 is 2. The molecule has 3 atom stereocenters. The third kappa shape index (κ3) is 8.09. The highest BCUT2D eigenvalue weighted by Crippen LogP contribution is 2.20. The molecule has 0 unspecified atom stereocenters. The zero-order chi connectivity index (χ0) is 25.1. The van der Waals surface area contributed by atoms with Gasteiger partial charge in [-0.1, -0.05) is 51.1 Å². The third-order valence-electron chi connectivity index (χ3n) is 5.00. The molecule has 1 aromatic carbocycles. The Labute approximate surface area is 192 Å². The molecule has 0 aliphatic rings. The monoisotopic (exact) mass is 465 g/mol. The van der Waals surface area contributed by atoms with E-state index in [9.17, 15) is 24.0 Å². The lowest BCUT2D eigenvalue weighted by Crippen LogP contribution is -2.58. The number of alkyl carbamates (subject to hydrolysis) is 1. The Morgan fingerprint density at radius 1 is 0.879 bits per heavy atom. The van der Waals surface area contributed by atoms with E-state index in [1.165, 1.54) is 6.92 Å². The van der Waals surface area contributed by atoms with Crippen molar-refractivity contribution in [2.45, 2.75) is 39.5 Å². The number of primary amides is 1. The number of benzene rings is 1. The van der Waals surface area contributed by atoms with Crippen molar-refractivity contribution in [1.82, 2.24) is 10.6 Å². The van der Waals surface area contributed by atoms with E-state index in [-0.39, 0.29) is 6.61 Å². The average Bonchev–Trinajstić information content (AvgIpc) is 2.79. The SMILES string of the molecule is COC(=O)C(C(=O)OC)[C@H](C)[C@H](NC(=O)[C@H](NC(=O)OCc1ccccc1)C(C)C)C(N)=O. The molecule has 11 heteroatoms. The summed E-state index contributed by atoms with van der Waals surface area (Å²) >= 11 is 0. The number of carbonyl (C=O) groups is 5. The van der Waals surface area contributed by atoms with Crippen LogP contribution in [0, 0.1) is 17.8 Å². The average molecular weight is 466 g/mol. The third-order valence-corrected chi connectivity index (χ3v) is 5.00. The summed E-state index contributed by atoms with van der Waals surface area (Å²) in [7, 11) is 2.14. The van der Waals surface area contributed by atoms with Gasteiger partial charge in [0.15, 0.2) is 5.92 Å². The Morgan fingerprint density at radius 3 is 1.88 bits per heavy atom. The van der Waals surface area contributed by atoms with Gasteiger partial charge >= 0.3 is 18.0 Å². The molecule has 33 heavy (non-hydrogen) atoms. The molecule has 0 saturated heterocycles. The molecular weight excluding hydrogens is 434 g/mol. The van der Waals surface area contributed by atoms with Crippen LogP contribution < -0.4 is 16.4 Å². The van der Waals surface area contributed by atoms with E-state index in [1.807, 2.05) is 6.07 Å². The molecular formula is C22H31N3O8. The first-order valence-electron chi connectivity index (χ1n) is 10.3. The maximum atomic E-state index is 12.9. The minimum Gasteiger partial charge on any atom is -0.468 e. The maximum Gasteiger partial charge on any atom is 0.408 e. The first-order valence-corrected chi connectivity index (χ1v) is 10.3. The lowest BCUT2D eigenvalue weighted by atomic mass is 9.86. The van der Waals surface area contributed by atoms with Crippen LogP contribution in [0.2, 0.25) is 0 Å². The molecule has 0 aromatic heterocycles. The van der Waals surface area contributed by atoms with Crippen molar-refractivity contribution in [3.63, 3.8) is 0 Å². The maximum absolute atomic E-state index is 12.9. The molecule has 0 aliphatic carbocycles. The Hall–Kier alpha value is -3.63. The lowest BCUT2D eigenvalue weighted by Gasteiger charge is -2.29. The van der Waals surface area contributed by atoms with Crippen LogP contribution in [0.15, 0.2) is 30.3 Å².